The number of amides is 1. The molecule has 0 atom stereocenters. The number of fused-ring (bicyclic) bond motifs is 2. The molecule has 0 unspecified atom stereocenters. The first-order valence-electron chi connectivity index (χ1n) is 8.17. The van der Waals surface area contributed by atoms with E-state index >= 15 is 0 Å². The van der Waals surface area contributed by atoms with Gasteiger partial charge in [-0.3, -0.25) is 19.6 Å². The molecule has 0 aliphatic carbocycles. The molecule has 7 heteroatoms. The summed E-state index contributed by atoms with van der Waals surface area (Å²) in [6.07, 6.45) is 1.65. The summed E-state index contributed by atoms with van der Waals surface area (Å²) in [5.74, 6) is -0.212. The Balaban J connectivity index is 1.60. The third-order valence-corrected chi connectivity index (χ3v) is 4.60. The molecule has 25 heavy (non-hydrogen) atoms. The van der Waals surface area contributed by atoms with Crippen molar-refractivity contribution in [3.05, 3.63) is 63.2 Å². The molecule has 3 aromatic rings. The number of aromatic amines is 1. The van der Waals surface area contributed by atoms with Crippen molar-refractivity contribution in [1.29, 1.82) is 0 Å². The van der Waals surface area contributed by atoms with E-state index in [9.17, 15) is 9.59 Å². The summed E-state index contributed by atoms with van der Waals surface area (Å²) in [6.45, 7) is 3.45. The molecule has 0 spiro atoms. The monoisotopic (exact) mass is 337 g/mol. The van der Waals surface area contributed by atoms with Gasteiger partial charge in [-0.15, -0.1) is 0 Å². The van der Waals surface area contributed by atoms with Crippen LogP contribution in [0.15, 0.2) is 35.3 Å². The van der Waals surface area contributed by atoms with Crippen molar-refractivity contribution in [2.45, 2.75) is 26.4 Å². The summed E-state index contributed by atoms with van der Waals surface area (Å²) in [6, 6.07) is 7.65. The lowest BCUT2D eigenvalue weighted by Gasteiger charge is -2.11. The van der Waals surface area contributed by atoms with Crippen LogP contribution in [0.1, 0.15) is 22.4 Å². The van der Waals surface area contributed by atoms with Crippen LogP contribution in [-0.2, 0) is 24.3 Å². The zero-order valence-corrected chi connectivity index (χ0v) is 14.2. The first-order chi connectivity index (χ1) is 12.0. The van der Waals surface area contributed by atoms with Gasteiger partial charge in [-0.2, -0.15) is 0 Å². The second-order valence-corrected chi connectivity index (χ2v) is 6.48. The first kappa shape index (κ1) is 15.6. The second kappa shape index (κ2) is 5.86. The van der Waals surface area contributed by atoms with Crippen LogP contribution >= 0.6 is 0 Å². The molecule has 0 saturated heterocycles. The van der Waals surface area contributed by atoms with Crippen molar-refractivity contribution in [2.75, 3.05) is 12.4 Å². The number of nitrogens with one attached hydrogen (secondary N) is 2. The maximum absolute atomic E-state index is 12.5. The van der Waals surface area contributed by atoms with Crippen LogP contribution in [0.2, 0.25) is 0 Å². The fourth-order valence-corrected chi connectivity index (χ4v) is 3.37. The van der Waals surface area contributed by atoms with E-state index < -0.39 is 0 Å². The number of hydrogen-bond acceptors (Lipinski definition) is 4. The highest BCUT2D eigenvalue weighted by molar-refractivity contribution is 5.93. The van der Waals surface area contributed by atoms with Gasteiger partial charge >= 0.3 is 0 Å². The summed E-state index contributed by atoms with van der Waals surface area (Å²) < 4.78 is 1.35. The van der Waals surface area contributed by atoms with Gasteiger partial charge in [0.2, 0.25) is 5.91 Å². The van der Waals surface area contributed by atoms with Gasteiger partial charge in [0.15, 0.2) is 5.65 Å². The molecule has 0 bridgehead atoms. The number of aryl methyl sites for hydroxylation is 1. The molecule has 1 aliphatic rings. The first-order valence-corrected chi connectivity index (χ1v) is 8.17. The number of nitrogens with zero attached hydrogens (tertiary/aromatic N) is 3. The van der Waals surface area contributed by atoms with Gasteiger partial charge in [-0.25, -0.2) is 9.50 Å². The van der Waals surface area contributed by atoms with E-state index in [2.05, 4.69) is 26.4 Å². The number of hydrogen-bond donors (Lipinski definition) is 2. The van der Waals surface area contributed by atoms with Crippen LogP contribution in [0, 0.1) is 6.92 Å². The molecule has 3 heterocycles. The van der Waals surface area contributed by atoms with E-state index in [1.165, 1.54) is 10.1 Å². The number of aromatic nitrogens is 3. The van der Waals surface area contributed by atoms with Crippen LogP contribution < -0.4 is 10.9 Å². The van der Waals surface area contributed by atoms with Crippen molar-refractivity contribution >= 4 is 17.2 Å². The largest absolute Gasteiger partial charge is 0.325 e. The van der Waals surface area contributed by atoms with Crippen molar-refractivity contribution in [3.63, 3.8) is 0 Å². The highest BCUT2D eigenvalue weighted by Crippen LogP contribution is 2.28. The summed E-state index contributed by atoms with van der Waals surface area (Å²) in [7, 11) is 2.05. The Morgan fingerprint density at radius 3 is 3.00 bits per heavy atom. The normalized spacial score (nSPS) is 14.0. The SMILES string of the molecule is Cc1nc2cc[nH]n2c(=O)c1CC(=O)Nc1cccc2c1CN(C)C2. The molecule has 0 fully saturated rings. The van der Waals surface area contributed by atoms with Crippen LogP contribution in [0.5, 0.6) is 0 Å². The fraction of sp³-hybridized carbons (Fsp3) is 0.278. The summed E-state index contributed by atoms with van der Waals surface area (Å²) in [4.78, 5) is 31.6. The van der Waals surface area contributed by atoms with Crippen LogP contribution in [-0.4, -0.2) is 32.5 Å². The zero-order valence-electron chi connectivity index (χ0n) is 14.2. The Hall–Kier alpha value is -2.93. The van der Waals surface area contributed by atoms with Gasteiger partial charge in [0.05, 0.1) is 6.42 Å². The topological polar surface area (TPSA) is 82.5 Å². The number of H-pyrrole nitrogens is 1. The van der Waals surface area contributed by atoms with E-state index in [1.807, 2.05) is 19.2 Å². The number of benzene rings is 1. The lowest BCUT2D eigenvalue weighted by Crippen LogP contribution is -2.26. The van der Waals surface area contributed by atoms with E-state index in [0.29, 0.717) is 16.9 Å². The van der Waals surface area contributed by atoms with Crippen molar-refractivity contribution < 1.29 is 4.79 Å². The maximum atomic E-state index is 12.5. The molecular formula is C18H19N5O2. The second-order valence-electron chi connectivity index (χ2n) is 6.48. The summed E-state index contributed by atoms with van der Waals surface area (Å²) in [5.41, 5.74) is 4.49. The Morgan fingerprint density at radius 2 is 2.16 bits per heavy atom. The third-order valence-electron chi connectivity index (χ3n) is 4.60. The molecule has 7 nitrogen and oxygen atoms in total. The maximum Gasteiger partial charge on any atom is 0.276 e. The van der Waals surface area contributed by atoms with Gasteiger partial charge in [0, 0.05) is 42.3 Å². The predicted molar refractivity (Wildman–Crippen MR) is 94.5 cm³/mol. The van der Waals surface area contributed by atoms with Crippen LogP contribution in [0.4, 0.5) is 5.69 Å². The van der Waals surface area contributed by atoms with E-state index in [1.54, 1.807) is 19.2 Å². The van der Waals surface area contributed by atoms with Crippen molar-refractivity contribution in [3.8, 4) is 0 Å². The Morgan fingerprint density at radius 1 is 1.32 bits per heavy atom. The lowest BCUT2D eigenvalue weighted by atomic mass is 10.1. The molecule has 1 amide bonds. The Bertz CT molecular complexity index is 1030. The van der Waals surface area contributed by atoms with E-state index in [-0.39, 0.29) is 17.9 Å². The fourth-order valence-electron chi connectivity index (χ4n) is 3.37. The van der Waals surface area contributed by atoms with Crippen LogP contribution in [0.25, 0.3) is 5.65 Å². The van der Waals surface area contributed by atoms with E-state index in [0.717, 1.165) is 24.3 Å². The summed E-state index contributed by atoms with van der Waals surface area (Å²) in [5, 5.41) is 5.78. The number of anilines is 1. The zero-order chi connectivity index (χ0) is 17.6. The van der Waals surface area contributed by atoms with Crippen LogP contribution in [0.3, 0.4) is 0 Å². The molecular weight excluding hydrogens is 318 g/mol. The quantitative estimate of drug-likeness (QED) is 0.758. The minimum absolute atomic E-state index is 0.000860. The van der Waals surface area contributed by atoms with Gasteiger partial charge in [-0.05, 0) is 31.2 Å². The average Bonchev–Trinajstić information content (AvgIpc) is 3.17. The van der Waals surface area contributed by atoms with E-state index in [4.69, 9.17) is 0 Å². The number of rotatable bonds is 3. The highest BCUT2D eigenvalue weighted by Gasteiger charge is 2.20. The minimum atomic E-state index is -0.235. The molecule has 0 saturated carbocycles. The van der Waals surface area contributed by atoms with Gasteiger partial charge in [0.25, 0.3) is 5.56 Å². The van der Waals surface area contributed by atoms with Gasteiger partial charge in [-0.1, -0.05) is 12.1 Å². The molecule has 1 aromatic carbocycles. The van der Waals surface area contributed by atoms with Gasteiger partial charge in [0.1, 0.15) is 0 Å². The van der Waals surface area contributed by atoms with Crippen molar-refractivity contribution in [1.82, 2.24) is 19.5 Å². The Labute approximate surface area is 144 Å². The molecule has 2 aromatic heterocycles. The van der Waals surface area contributed by atoms with Gasteiger partial charge < -0.3 is 5.32 Å². The lowest BCUT2D eigenvalue weighted by molar-refractivity contribution is -0.115. The molecule has 2 N–H and O–H groups in total. The number of carbonyl (C=O) groups excluding carboxylic acids is 1. The predicted octanol–water partition coefficient (Wildman–Crippen LogP) is 1.46. The summed E-state index contributed by atoms with van der Waals surface area (Å²) >= 11 is 0. The highest BCUT2D eigenvalue weighted by atomic mass is 16.2. The number of carbonyl (C=O) groups is 1. The molecule has 1 aliphatic heterocycles. The third kappa shape index (κ3) is 2.72. The minimum Gasteiger partial charge on any atom is -0.325 e. The van der Waals surface area contributed by atoms with Crippen molar-refractivity contribution in [2.24, 2.45) is 0 Å². The average molecular weight is 337 g/mol. The molecule has 128 valence electrons. The standard InChI is InChI=1S/C18H19N5O2/c1-11-13(18(25)23-16(20-11)6-7-19-23)8-17(24)21-15-5-3-4-12-9-22(2)10-14(12)15/h3-7,19H,8-10H2,1-2H3,(H,21,24). The molecule has 0 radical (unpaired) electrons. The Kier molecular flexibility index (Phi) is 3.65. The smallest absolute Gasteiger partial charge is 0.276 e. The molecule has 4 rings (SSSR count).